The van der Waals surface area contributed by atoms with Crippen molar-refractivity contribution in [3.8, 4) is 5.75 Å². The molecule has 0 aliphatic heterocycles. The van der Waals surface area contributed by atoms with E-state index in [4.69, 9.17) is 4.74 Å². The predicted molar refractivity (Wildman–Crippen MR) is 86.6 cm³/mol. The summed E-state index contributed by atoms with van der Waals surface area (Å²) in [7, 11) is 1.52. The Bertz CT molecular complexity index is 683. The van der Waals surface area contributed by atoms with E-state index in [9.17, 15) is 9.59 Å². The number of carbonyl (C=O) groups excluding carboxylic acids is 2. The standard InChI is InChI=1S/C17H18N2O3/c1-12-5-3-4-6-14(12)18-17(21)19-15-8-7-13(9-10-20)11-16(15)22-2/h3-8,10-11H,9H2,1-2H3,(H2,18,19,21). The number of hydrogen-bond donors (Lipinski definition) is 2. The molecule has 0 atom stereocenters. The number of benzene rings is 2. The summed E-state index contributed by atoms with van der Waals surface area (Å²) < 4.78 is 5.25. The van der Waals surface area contributed by atoms with Crippen LogP contribution in [-0.2, 0) is 11.2 Å². The second-order valence-corrected chi connectivity index (χ2v) is 4.80. The molecule has 0 spiro atoms. The van der Waals surface area contributed by atoms with E-state index >= 15 is 0 Å². The van der Waals surface area contributed by atoms with Crippen LogP contribution in [0.3, 0.4) is 0 Å². The Morgan fingerprint density at radius 1 is 1.14 bits per heavy atom. The van der Waals surface area contributed by atoms with Gasteiger partial charge in [-0.25, -0.2) is 4.79 Å². The molecule has 0 unspecified atom stereocenters. The van der Waals surface area contributed by atoms with Crippen LogP contribution in [0.2, 0.25) is 0 Å². The Balaban J connectivity index is 2.11. The fourth-order valence-corrected chi connectivity index (χ4v) is 2.05. The van der Waals surface area contributed by atoms with Crippen LogP contribution in [0, 0.1) is 6.92 Å². The first kappa shape index (κ1) is 15.6. The van der Waals surface area contributed by atoms with Crippen molar-refractivity contribution in [3.05, 3.63) is 53.6 Å². The van der Waals surface area contributed by atoms with Gasteiger partial charge in [-0.3, -0.25) is 0 Å². The summed E-state index contributed by atoms with van der Waals surface area (Å²) in [5.74, 6) is 0.513. The number of nitrogens with one attached hydrogen (secondary N) is 2. The predicted octanol–water partition coefficient (Wildman–Crippen LogP) is 3.39. The third-order valence-corrected chi connectivity index (χ3v) is 3.23. The lowest BCUT2D eigenvalue weighted by Crippen LogP contribution is -2.20. The Morgan fingerprint density at radius 3 is 2.55 bits per heavy atom. The molecule has 2 N–H and O–H groups in total. The molecule has 0 saturated heterocycles. The number of amides is 2. The summed E-state index contributed by atoms with van der Waals surface area (Å²) >= 11 is 0. The fraction of sp³-hybridized carbons (Fsp3) is 0.176. The monoisotopic (exact) mass is 298 g/mol. The van der Waals surface area contributed by atoms with E-state index in [1.54, 1.807) is 18.2 Å². The highest BCUT2D eigenvalue weighted by Crippen LogP contribution is 2.26. The molecule has 0 radical (unpaired) electrons. The maximum absolute atomic E-state index is 12.1. The minimum atomic E-state index is -0.351. The molecular formula is C17H18N2O3. The molecule has 0 aliphatic carbocycles. The highest BCUT2D eigenvalue weighted by Gasteiger charge is 2.09. The number of anilines is 2. The van der Waals surface area contributed by atoms with Crippen molar-refractivity contribution in [2.24, 2.45) is 0 Å². The van der Waals surface area contributed by atoms with E-state index < -0.39 is 0 Å². The minimum absolute atomic E-state index is 0.312. The van der Waals surface area contributed by atoms with Crippen molar-refractivity contribution in [1.29, 1.82) is 0 Å². The molecule has 0 aliphatic rings. The van der Waals surface area contributed by atoms with Gasteiger partial charge in [-0.1, -0.05) is 24.3 Å². The van der Waals surface area contributed by atoms with Crippen molar-refractivity contribution in [1.82, 2.24) is 0 Å². The zero-order valence-corrected chi connectivity index (χ0v) is 12.6. The maximum Gasteiger partial charge on any atom is 0.323 e. The molecule has 0 aromatic heterocycles. The van der Waals surface area contributed by atoms with Gasteiger partial charge >= 0.3 is 6.03 Å². The normalized spacial score (nSPS) is 9.91. The second kappa shape index (κ2) is 7.26. The van der Waals surface area contributed by atoms with E-state index in [1.165, 1.54) is 7.11 Å². The van der Waals surface area contributed by atoms with Crippen molar-refractivity contribution < 1.29 is 14.3 Å². The van der Waals surface area contributed by atoms with E-state index in [0.29, 0.717) is 17.9 Å². The van der Waals surface area contributed by atoms with Gasteiger partial charge < -0.3 is 20.2 Å². The molecule has 5 heteroatoms. The lowest BCUT2D eigenvalue weighted by Gasteiger charge is -2.13. The van der Waals surface area contributed by atoms with Gasteiger partial charge in [0.1, 0.15) is 12.0 Å². The van der Waals surface area contributed by atoms with E-state index in [-0.39, 0.29) is 6.03 Å². The Hall–Kier alpha value is -2.82. The fourth-order valence-electron chi connectivity index (χ4n) is 2.05. The molecule has 0 heterocycles. The van der Waals surface area contributed by atoms with Crippen LogP contribution in [0.15, 0.2) is 42.5 Å². The third-order valence-electron chi connectivity index (χ3n) is 3.23. The van der Waals surface area contributed by atoms with Crippen molar-refractivity contribution in [3.63, 3.8) is 0 Å². The Kier molecular flexibility index (Phi) is 5.14. The summed E-state index contributed by atoms with van der Waals surface area (Å²) in [4.78, 5) is 22.6. The molecule has 2 amide bonds. The van der Waals surface area contributed by atoms with Gasteiger partial charge in [-0.05, 0) is 36.2 Å². The Labute approximate surface area is 129 Å². The molecule has 0 bridgehead atoms. The van der Waals surface area contributed by atoms with E-state index in [1.807, 2.05) is 31.2 Å². The summed E-state index contributed by atoms with van der Waals surface area (Å²) in [6, 6.07) is 12.4. The molecule has 22 heavy (non-hydrogen) atoms. The minimum Gasteiger partial charge on any atom is -0.495 e. The van der Waals surface area contributed by atoms with Crippen LogP contribution in [0.1, 0.15) is 11.1 Å². The quantitative estimate of drug-likeness (QED) is 0.831. The highest BCUT2D eigenvalue weighted by atomic mass is 16.5. The Morgan fingerprint density at radius 2 is 1.86 bits per heavy atom. The molecule has 2 aromatic rings. The number of carbonyl (C=O) groups is 2. The smallest absolute Gasteiger partial charge is 0.323 e. The number of methoxy groups -OCH3 is 1. The number of rotatable bonds is 5. The third kappa shape index (κ3) is 3.85. The lowest BCUT2D eigenvalue weighted by atomic mass is 10.1. The summed E-state index contributed by atoms with van der Waals surface area (Å²) in [5, 5.41) is 5.53. The van der Waals surface area contributed by atoms with E-state index in [0.717, 1.165) is 23.1 Å². The van der Waals surface area contributed by atoms with Gasteiger partial charge in [-0.2, -0.15) is 0 Å². The number of aryl methyl sites for hydroxylation is 1. The van der Waals surface area contributed by atoms with Gasteiger partial charge in [0, 0.05) is 12.1 Å². The second-order valence-electron chi connectivity index (χ2n) is 4.80. The SMILES string of the molecule is COc1cc(CC=O)ccc1NC(=O)Nc1ccccc1C. The van der Waals surface area contributed by atoms with Crippen molar-refractivity contribution in [2.75, 3.05) is 17.7 Å². The lowest BCUT2D eigenvalue weighted by molar-refractivity contribution is -0.107. The van der Waals surface area contributed by atoms with Crippen LogP contribution in [0.5, 0.6) is 5.75 Å². The maximum atomic E-state index is 12.1. The van der Waals surface area contributed by atoms with Gasteiger partial charge in [-0.15, -0.1) is 0 Å². The van der Waals surface area contributed by atoms with Crippen molar-refractivity contribution >= 4 is 23.7 Å². The number of ether oxygens (including phenoxy) is 1. The van der Waals surface area contributed by atoms with Gasteiger partial charge in [0.25, 0.3) is 0 Å². The average molecular weight is 298 g/mol. The van der Waals surface area contributed by atoms with Crippen molar-refractivity contribution in [2.45, 2.75) is 13.3 Å². The first-order valence-electron chi connectivity index (χ1n) is 6.88. The summed E-state index contributed by atoms with van der Waals surface area (Å²) in [5.41, 5.74) is 3.10. The van der Waals surface area contributed by atoms with Gasteiger partial charge in [0.2, 0.25) is 0 Å². The first-order chi connectivity index (χ1) is 10.6. The molecule has 0 fully saturated rings. The number of para-hydroxylation sites is 1. The van der Waals surface area contributed by atoms with Gasteiger partial charge in [0.05, 0.1) is 12.8 Å². The molecule has 114 valence electrons. The summed E-state index contributed by atoms with van der Waals surface area (Å²) in [6.45, 7) is 1.92. The largest absolute Gasteiger partial charge is 0.495 e. The molecule has 5 nitrogen and oxygen atoms in total. The molecule has 2 rings (SSSR count). The zero-order valence-electron chi connectivity index (χ0n) is 12.6. The average Bonchev–Trinajstić information content (AvgIpc) is 2.51. The molecular weight excluding hydrogens is 280 g/mol. The molecule has 2 aromatic carbocycles. The van der Waals surface area contributed by atoms with Crippen LogP contribution >= 0.6 is 0 Å². The van der Waals surface area contributed by atoms with Crippen LogP contribution in [-0.4, -0.2) is 19.4 Å². The highest BCUT2D eigenvalue weighted by molar-refractivity contribution is 6.01. The van der Waals surface area contributed by atoms with Crippen LogP contribution in [0.25, 0.3) is 0 Å². The van der Waals surface area contributed by atoms with Crippen LogP contribution in [0.4, 0.5) is 16.2 Å². The topological polar surface area (TPSA) is 67.4 Å². The first-order valence-corrected chi connectivity index (χ1v) is 6.88. The molecule has 0 saturated carbocycles. The number of aldehydes is 1. The number of hydrogen-bond acceptors (Lipinski definition) is 3. The number of urea groups is 1. The van der Waals surface area contributed by atoms with E-state index in [2.05, 4.69) is 10.6 Å². The van der Waals surface area contributed by atoms with Crippen LogP contribution < -0.4 is 15.4 Å². The summed E-state index contributed by atoms with van der Waals surface area (Å²) in [6.07, 6.45) is 1.14. The zero-order chi connectivity index (χ0) is 15.9. The van der Waals surface area contributed by atoms with Gasteiger partial charge in [0.15, 0.2) is 0 Å².